The van der Waals surface area contributed by atoms with E-state index in [2.05, 4.69) is 113 Å². The van der Waals surface area contributed by atoms with Crippen molar-refractivity contribution >= 4 is 0 Å². The first-order valence-electron chi connectivity index (χ1n) is 9.65. The average molecular weight is 364 g/mol. The Bertz CT molecular complexity index is 998. The van der Waals surface area contributed by atoms with Gasteiger partial charge in [-0.15, -0.1) is 0 Å². The summed E-state index contributed by atoms with van der Waals surface area (Å²) in [5.41, 5.74) is 9.41. The molecule has 0 unspecified atom stereocenters. The largest absolute Gasteiger partial charge is 0.288 e. The summed E-state index contributed by atoms with van der Waals surface area (Å²) in [5, 5.41) is 0. The predicted molar refractivity (Wildman–Crippen MR) is 112 cm³/mol. The topological polar surface area (TPSA) is 12.7 Å². The van der Waals surface area contributed by atoms with Crippen molar-refractivity contribution in [3.63, 3.8) is 0 Å². The summed E-state index contributed by atoms with van der Waals surface area (Å²) in [6.45, 7) is 13.5. The lowest BCUT2D eigenvalue weighted by Gasteiger charge is -2.20. The van der Waals surface area contributed by atoms with E-state index in [1.807, 2.05) is 0 Å². The molecule has 0 aliphatic rings. The summed E-state index contributed by atoms with van der Waals surface area (Å²) in [7, 11) is 6.38. The zero-order valence-corrected chi connectivity index (χ0v) is 18.3. The van der Waals surface area contributed by atoms with Gasteiger partial charge in [-0.3, -0.25) is 0 Å². The quantitative estimate of drug-likeness (QED) is 0.604. The molecule has 0 spiro atoms. The number of imidazole rings is 1. The molecule has 3 nitrogen and oxygen atoms in total. The number of pyridine rings is 1. The van der Waals surface area contributed by atoms with Crippen LogP contribution < -0.4 is 9.13 Å². The van der Waals surface area contributed by atoms with Crippen molar-refractivity contribution in [3.8, 4) is 22.6 Å². The predicted octanol–water partition coefficient (Wildman–Crippen LogP) is 4.23. The standard InChI is InChI=1S/C24H33N3/c1-16-14-17(2)22(23-26(8)12-13-27(23)9)18(3)21(16)20-15-19(24(4,5)6)10-11-25(20)7/h10-15H,1-9H3/q+2. The maximum Gasteiger partial charge on any atom is 0.288 e. The molecule has 27 heavy (non-hydrogen) atoms. The lowest BCUT2D eigenvalue weighted by Crippen LogP contribution is -2.32. The highest BCUT2D eigenvalue weighted by Crippen LogP contribution is 2.35. The van der Waals surface area contributed by atoms with Crippen LogP contribution in [0.1, 0.15) is 43.0 Å². The third kappa shape index (κ3) is 3.31. The van der Waals surface area contributed by atoms with Crippen molar-refractivity contribution in [2.45, 2.75) is 47.0 Å². The highest BCUT2D eigenvalue weighted by atomic mass is 15.1. The SMILES string of the molecule is Cc1cc(C)c(-c2n(C)cc[n+]2C)c(C)c1-c1cc(C(C)(C)C)cc[n+]1C. The highest BCUT2D eigenvalue weighted by Gasteiger charge is 2.26. The monoisotopic (exact) mass is 363 g/mol. The first-order valence-corrected chi connectivity index (χ1v) is 9.65. The Balaban J connectivity index is 2.35. The summed E-state index contributed by atoms with van der Waals surface area (Å²) in [6.07, 6.45) is 6.43. The molecule has 0 atom stereocenters. The molecule has 1 aromatic carbocycles. The number of benzene rings is 1. The van der Waals surface area contributed by atoms with Crippen LogP contribution in [0.25, 0.3) is 22.6 Å². The molecule has 3 heteroatoms. The summed E-state index contributed by atoms with van der Waals surface area (Å²) in [6, 6.07) is 6.92. The summed E-state index contributed by atoms with van der Waals surface area (Å²) in [4.78, 5) is 0. The zero-order chi connectivity index (χ0) is 20.1. The van der Waals surface area contributed by atoms with Crippen LogP contribution in [0.15, 0.2) is 36.8 Å². The Labute approximate surface area is 163 Å². The van der Waals surface area contributed by atoms with Gasteiger partial charge in [0.2, 0.25) is 5.69 Å². The van der Waals surface area contributed by atoms with Crippen LogP contribution in [0.4, 0.5) is 0 Å². The van der Waals surface area contributed by atoms with E-state index < -0.39 is 0 Å². The lowest BCUT2D eigenvalue weighted by atomic mass is 9.85. The van der Waals surface area contributed by atoms with Crippen LogP contribution in [0.5, 0.6) is 0 Å². The van der Waals surface area contributed by atoms with Crippen LogP contribution in [-0.2, 0) is 26.6 Å². The van der Waals surface area contributed by atoms with Crippen LogP contribution in [0.2, 0.25) is 0 Å². The van der Waals surface area contributed by atoms with Crippen LogP contribution in [0.3, 0.4) is 0 Å². The van der Waals surface area contributed by atoms with E-state index in [9.17, 15) is 0 Å². The molecular weight excluding hydrogens is 330 g/mol. The molecule has 3 aromatic rings. The van der Waals surface area contributed by atoms with E-state index in [4.69, 9.17) is 0 Å². The van der Waals surface area contributed by atoms with Crippen molar-refractivity contribution in [3.05, 3.63) is 59.0 Å². The van der Waals surface area contributed by atoms with Gasteiger partial charge in [0.1, 0.15) is 19.4 Å². The summed E-state index contributed by atoms with van der Waals surface area (Å²) in [5.74, 6) is 1.24. The second kappa shape index (κ2) is 6.63. The van der Waals surface area contributed by atoms with Crippen molar-refractivity contribution in [1.82, 2.24) is 4.57 Å². The molecule has 3 rings (SSSR count). The number of nitrogens with zero attached hydrogens (tertiary/aromatic N) is 3. The fourth-order valence-electron chi connectivity index (χ4n) is 4.15. The molecule has 0 fully saturated rings. The zero-order valence-electron chi connectivity index (χ0n) is 18.3. The Morgan fingerprint density at radius 2 is 1.48 bits per heavy atom. The van der Waals surface area contributed by atoms with Gasteiger partial charge in [-0.1, -0.05) is 26.8 Å². The minimum atomic E-state index is 0.128. The van der Waals surface area contributed by atoms with Crippen molar-refractivity contribution < 1.29 is 9.13 Å². The molecule has 0 saturated heterocycles. The second-order valence-corrected chi connectivity index (χ2v) is 8.89. The molecule has 2 heterocycles. The minimum absolute atomic E-state index is 0.128. The smallest absolute Gasteiger partial charge is 0.233 e. The Hall–Kier alpha value is -2.42. The molecule has 0 bridgehead atoms. The number of rotatable bonds is 2. The second-order valence-electron chi connectivity index (χ2n) is 8.89. The molecule has 0 radical (unpaired) electrons. The maximum atomic E-state index is 2.36. The normalized spacial score (nSPS) is 11.9. The van der Waals surface area contributed by atoms with Crippen LogP contribution >= 0.6 is 0 Å². The number of hydrogen-bond donors (Lipinski definition) is 0. The van der Waals surface area contributed by atoms with Gasteiger partial charge in [0.05, 0.1) is 25.2 Å². The fourth-order valence-corrected chi connectivity index (χ4v) is 4.15. The molecule has 0 aliphatic carbocycles. The van der Waals surface area contributed by atoms with Gasteiger partial charge in [0.15, 0.2) is 6.20 Å². The van der Waals surface area contributed by atoms with Crippen molar-refractivity contribution in [1.29, 1.82) is 0 Å². The number of aryl methyl sites for hydroxylation is 5. The molecule has 0 amide bonds. The number of aromatic nitrogens is 3. The highest BCUT2D eigenvalue weighted by molar-refractivity contribution is 5.77. The van der Waals surface area contributed by atoms with Crippen molar-refractivity contribution in [2.75, 3.05) is 0 Å². The van der Waals surface area contributed by atoms with Crippen molar-refractivity contribution in [2.24, 2.45) is 21.1 Å². The first-order chi connectivity index (χ1) is 12.5. The van der Waals surface area contributed by atoms with Gasteiger partial charge in [-0.2, -0.15) is 0 Å². The van der Waals surface area contributed by atoms with Gasteiger partial charge in [-0.25, -0.2) is 13.7 Å². The fraction of sp³-hybridized carbons (Fsp3) is 0.417. The molecule has 0 saturated carbocycles. The maximum absolute atomic E-state index is 2.36. The minimum Gasteiger partial charge on any atom is -0.233 e. The van der Waals surface area contributed by atoms with E-state index in [0.717, 1.165) is 0 Å². The Morgan fingerprint density at radius 3 is 2.04 bits per heavy atom. The van der Waals surface area contributed by atoms with E-state index >= 15 is 0 Å². The molecule has 2 aromatic heterocycles. The third-order valence-corrected chi connectivity index (χ3v) is 5.65. The Morgan fingerprint density at radius 1 is 0.852 bits per heavy atom. The summed E-state index contributed by atoms with van der Waals surface area (Å²) >= 11 is 0. The van der Waals surface area contributed by atoms with Gasteiger partial charge in [0, 0.05) is 12.1 Å². The van der Waals surface area contributed by atoms with Crippen LogP contribution in [0, 0.1) is 20.8 Å². The third-order valence-electron chi connectivity index (χ3n) is 5.65. The van der Waals surface area contributed by atoms with Gasteiger partial charge in [0.25, 0.3) is 5.82 Å². The molecule has 0 aliphatic heterocycles. The van der Waals surface area contributed by atoms with Gasteiger partial charge in [-0.05, 0) is 48.4 Å². The van der Waals surface area contributed by atoms with E-state index in [1.54, 1.807) is 0 Å². The van der Waals surface area contributed by atoms with Gasteiger partial charge >= 0.3 is 0 Å². The molecule has 0 N–H and O–H groups in total. The Kier molecular flexibility index (Phi) is 4.75. The average Bonchev–Trinajstić information content (AvgIpc) is 2.87. The van der Waals surface area contributed by atoms with E-state index in [-0.39, 0.29) is 5.41 Å². The van der Waals surface area contributed by atoms with E-state index in [1.165, 1.54) is 44.9 Å². The number of hydrogen-bond acceptors (Lipinski definition) is 0. The van der Waals surface area contributed by atoms with Gasteiger partial charge < -0.3 is 0 Å². The first kappa shape index (κ1) is 19.3. The summed E-state index contributed by atoms with van der Waals surface area (Å²) < 4.78 is 6.66. The van der Waals surface area contributed by atoms with E-state index in [0.29, 0.717) is 0 Å². The lowest BCUT2D eigenvalue weighted by molar-refractivity contribution is -0.660. The molecule has 142 valence electrons. The van der Waals surface area contributed by atoms with Crippen LogP contribution in [-0.4, -0.2) is 4.57 Å². The molecular formula is C24H33N3+2.